The number of hydrogen-bond donors (Lipinski definition) is 1. The van der Waals surface area contributed by atoms with Crippen molar-refractivity contribution in [2.75, 3.05) is 20.2 Å². The molecule has 2 unspecified atom stereocenters. The quantitative estimate of drug-likeness (QED) is 0.884. The molecule has 4 nitrogen and oxygen atoms in total. The average Bonchev–Trinajstić information content (AvgIpc) is 2.37. The highest BCUT2D eigenvalue weighted by Gasteiger charge is 2.25. The molecule has 1 aliphatic heterocycles. The van der Waals surface area contributed by atoms with Gasteiger partial charge in [-0.15, -0.1) is 0 Å². The van der Waals surface area contributed by atoms with Crippen LogP contribution in [0.1, 0.15) is 29.8 Å². The molecule has 0 aliphatic carbocycles. The van der Waals surface area contributed by atoms with Crippen molar-refractivity contribution in [3.8, 4) is 5.75 Å². The molecule has 1 aromatic rings. The average molecular weight is 262 g/mol. The molecule has 2 atom stereocenters. The number of piperazine rings is 1. The second-order valence-corrected chi connectivity index (χ2v) is 5.36. The zero-order valence-corrected chi connectivity index (χ0v) is 12.1. The number of nitrogens with one attached hydrogen (secondary N) is 1. The summed E-state index contributed by atoms with van der Waals surface area (Å²) in [5.74, 6) is 0.848. The van der Waals surface area contributed by atoms with Crippen molar-refractivity contribution < 1.29 is 9.53 Å². The Morgan fingerprint density at radius 2 is 1.95 bits per heavy atom. The molecule has 2 rings (SSSR count). The molecule has 1 aliphatic rings. The third-order valence-corrected chi connectivity index (χ3v) is 3.50. The zero-order valence-electron chi connectivity index (χ0n) is 12.1. The Morgan fingerprint density at radius 1 is 1.32 bits per heavy atom. The van der Waals surface area contributed by atoms with E-state index < -0.39 is 0 Å². The van der Waals surface area contributed by atoms with Gasteiger partial charge in [0.15, 0.2) is 0 Å². The van der Waals surface area contributed by atoms with E-state index in [1.165, 1.54) is 0 Å². The van der Waals surface area contributed by atoms with Crippen LogP contribution in [0, 0.1) is 6.92 Å². The van der Waals surface area contributed by atoms with Crippen LogP contribution in [-0.4, -0.2) is 43.1 Å². The van der Waals surface area contributed by atoms with Crippen molar-refractivity contribution in [3.63, 3.8) is 0 Å². The lowest BCUT2D eigenvalue weighted by atomic mass is 10.1. The predicted molar refractivity (Wildman–Crippen MR) is 75.7 cm³/mol. The fourth-order valence-corrected chi connectivity index (χ4v) is 2.63. The van der Waals surface area contributed by atoms with Crippen LogP contribution in [0.4, 0.5) is 0 Å². The number of carbonyl (C=O) groups excluding carboxylic acids is 1. The van der Waals surface area contributed by atoms with E-state index in [1.54, 1.807) is 7.11 Å². The Hall–Kier alpha value is -1.55. The first-order valence-electron chi connectivity index (χ1n) is 6.71. The van der Waals surface area contributed by atoms with Gasteiger partial charge >= 0.3 is 0 Å². The molecular weight excluding hydrogens is 240 g/mol. The van der Waals surface area contributed by atoms with Crippen LogP contribution in [0.25, 0.3) is 0 Å². The Labute approximate surface area is 114 Å². The smallest absolute Gasteiger partial charge is 0.254 e. The molecule has 1 saturated heterocycles. The highest BCUT2D eigenvalue weighted by atomic mass is 16.5. The first kappa shape index (κ1) is 13.9. The molecule has 0 aromatic heterocycles. The van der Waals surface area contributed by atoms with Gasteiger partial charge in [-0.25, -0.2) is 0 Å². The summed E-state index contributed by atoms with van der Waals surface area (Å²) in [5.41, 5.74) is 1.74. The number of ether oxygens (including phenoxy) is 1. The van der Waals surface area contributed by atoms with Crippen LogP contribution >= 0.6 is 0 Å². The molecule has 1 aromatic carbocycles. The highest BCUT2D eigenvalue weighted by Crippen LogP contribution is 2.20. The Bertz CT molecular complexity index is 463. The van der Waals surface area contributed by atoms with Gasteiger partial charge in [0, 0.05) is 30.7 Å². The molecule has 1 amide bonds. The van der Waals surface area contributed by atoms with E-state index in [1.807, 2.05) is 30.0 Å². The maximum Gasteiger partial charge on any atom is 0.254 e. The summed E-state index contributed by atoms with van der Waals surface area (Å²) in [7, 11) is 1.63. The number of aryl methyl sites for hydroxylation is 1. The minimum atomic E-state index is 0.0819. The molecular formula is C15H22N2O2. The molecule has 104 valence electrons. The minimum absolute atomic E-state index is 0.0819. The van der Waals surface area contributed by atoms with Gasteiger partial charge in [0.05, 0.1) is 7.11 Å². The molecule has 1 N–H and O–H groups in total. The summed E-state index contributed by atoms with van der Waals surface area (Å²) in [6.45, 7) is 7.68. The largest absolute Gasteiger partial charge is 0.496 e. The fourth-order valence-electron chi connectivity index (χ4n) is 2.63. The van der Waals surface area contributed by atoms with Crippen LogP contribution < -0.4 is 10.1 Å². The molecule has 0 bridgehead atoms. The van der Waals surface area contributed by atoms with Gasteiger partial charge in [-0.3, -0.25) is 4.79 Å². The van der Waals surface area contributed by atoms with Gasteiger partial charge in [-0.2, -0.15) is 0 Å². The number of hydrogen-bond acceptors (Lipinski definition) is 3. The van der Waals surface area contributed by atoms with E-state index in [0.717, 1.165) is 24.4 Å². The van der Waals surface area contributed by atoms with Crippen LogP contribution in [-0.2, 0) is 0 Å². The van der Waals surface area contributed by atoms with Crippen molar-refractivity contribution in [2.45, 2.75) is 32.9 Å². The van der Waals surface area contributed by atoms with E-state index in [-0.39, 0.29) is 5.91 Å². The maximum absolute atomic E-state index is 12.5. The third kappa shape index (κ3) is 3.07. The third-order valence-electron chi connectivity index (χ3n) is 3.50. The number of carbonyl (C=O) groups is 1. The van der Waals surface area contributed by atoms with Crippen LogP contribution in [0.2, 0.25) is 0 Å². The Balaban J connectivity index is 2.19. The van der Waals surface area contributed by atoms with Crippen LogP contribution in [0.3, 0.4) is 0 Å². The molecule has 1 fully saturated rings. The van der Waals surface area contributed by atoms with Crippen molar-refractivity contribution in [1.82, 2.24) is 10.2 Å². The standard InChI is InChI=1S/C15H22N2O2/c1-10-5-6-13(7-14(10)19-4)15(18)17-8-11(2)16-12(3)9-17/h5-7,11-12,16H,8-9H2,1-4H3. The predicted octanol–water partition coefficient (Wildman–Crippen LogP) is 1.83. The van der Waals surface area contributed by atoms with Crippen molar-refractivity contribution in [2.24, 2.45) is 0 Å². The summed E-state index contributed by atoms with van der Waals surface area (Å²) in [5, 5.41) is 3.43. The van der Waals surface area contributed by atoms with Gasteiger partial charge in [0.2, 0.25) is 0 Å². The van der Waals surface area contributed by atoms with Gasteiger partial charge in [-0.05, 0) is 38.5 Å². The van der Waals surface area contributed by atoms with Crippen molar-refractivity contribution in [3.05, 3.63) is 29.3 Å². The lowest BCUT2D eigenvalue weighted by Gasteiger charge is -2.36. The number of methoxy groups -OCH3 is 1. The topological polar surface area (TPSA) is 41.6 Å². The highest BCUT2D eigenvalue weighted by molar-refractivity contribution is 5.94. The first-order valence-corrected chi connectivity index (χ1v) is 6.71. The van der Waals surface area contributed by atoms with Gasteiger partial charge in [0.25, 0.3) is 5.91 Å². The molecule has 0 saturated carbocycles. The molecule has 0 spiro atoms. The van der Waals surface area contributed by atoms with E-state index in [0.29, 0.717) is 17.6 Å². The van der Waals surface area contributed by atoms with E-state index in [2.05, 4.69) is 19.2 Å². The zero-order chi connectivity index (χ0) is 14.0. The van der Waals surface area contributed by atoms with Crippen molar-refractivity contribution >= 4 is 5.91 Å². The SMILES string of the molecule is COc1cc(C(=O)N2CC(C)NC(C)C2)ccc1C. The van der Waals surface area contributed by atoms with Gasteiger partial charge < -0.3 is 15.0 Å². The monoisotopic (exact) mass is 262 g/mol. The van der Waals surface area contributed by atoms with Crippen LogP contribution in [0.5, 0.6) is 5.75 Å². The Morgan fingerprint density at radius 3 is 2.53 bits per heavy atom. The number of rotatable bonds is 2. The van der Waals surface area contributed by atoms with E-state index >= 15 is 0 Å². The number of nitrogens with zero attached hydrogens (tertiary/aromatic N) is 1. The second-order valence-electron chi connectivity index (χ2n) is 5.36. The molecule has 1 heterocycles. The number of amides is 1. The minimum Gasteiger partial charge on any atom is -0.496 e. The van der Waals surface area contributed by atoms with E-state index in [9.17, 15) is 4.79 Å². The second kappa shape index (κ2) is 5.61. The molecule has 4 heteroatoms. The normalized spacial score (nSPS) is 23.3. The summed E-state index contributed by atoms with van der Waals surface area (Å²) >= 11 is 0. The fraction of sp³-hybridized carbons (Fsp3) is 0.533. The van der Waals surface area contributed by atoms with Crippen molar-refractivity contribution in [1.29, 1.82) is 0 Å². The van der Waals surface area contributed by atoms with Crippen LogP contribution in [0.15, 0.2) is 18.2 Å². The van der Waals surface area contributed by atoms with Gasteiger partial charge in [0.1, 0.15) is 5.75 Å². The van der Waals surface area contributed by atoms with E-state index in [4.69, 9.17) is 4.74 Å². The summed E-state index contributed by atoms with van der Waals surface area (Å²) < 4.78 is 5.28. The van der Waals surface area contributed by atoms with Gasteiger partial charge in [-0.1, -0.05) is 6.07 Å². The Kier molecular flexibility index (Phi) is 4.10. The maximum atomic E-state index is 12.5. The summed E-state index contributed by atoms with van der Waals surface area (Å²) in [6, 6.07) is 6.30. The summed E-state index contributed by atoms with van der Waals surface area (Å²) in [4.78, 5) is 14.4. The lowest BCUT2D eigenvalue weighted by molar-refractivity contribution is 0.0673. The number of benzene rings is 1. The molecule has 19 heavy (non-hydrogen) atoms. The molecule has 0 radical (unpaired) electrons. The first-order chi connectivity index (χ1) is 9.01. The summed E-state index contributed by atoms with van der Waals surface area (Å²) in [6.07, 6.45) is 0. The lowest BCUT2D eigenvalue weighted by Crippen LogP contribution is -2.55.